The van der Waals surface area contributed by atoms with E-state index < -0.39 is 0 Å². The van der Waals surface area contributed by atoms with Crippen LogP contribution in [0, 0.1) is 0 Å². The fraction of sp³-hybridized carbons (Fsp3) is 0.360. The van der Waals surface area contributed by atoms with Gasteiger partial charge in [0.15, 0.2) is 5.82 Å². The molecular weight excluding hydrogens is 434 g/mol. The molecule has 1 saturated carbocycles. The van der Waals surface area contributed by atoms with Crippen molar-refractivity contribution < 1.29 is 18.8 Å². The van der Waals surface area contributed by atoms with Gasteiger partial charge in [0.1, 0.15) is 5.75 Å². The summed E-state index contributed by atoms with van der Waals surface area (Å²) in [5.74, 6) is 1.40. The second-order valence-corrected chi connectivity index (χ2v) is 8.35. The van der Waals surface area contributed by atoms with Gasteiger partial charge in [0.05, 0.1) is 12.8 Å². The number of urea groups is 1. The van der Waals surface area contributed by atoms with Crippen LogP contribution in [-0.2, 0) is 6.42 Å². The molecule has 0 aliphatic heterocycles. The SMILES string of the molecule is COc1ccccc1NC(=O)N(C)CCc1noc(-c2ccc(C(=O)NC3CCCC3)cc2)n1. The topological polar surface area (TPSA) is 110 Å². The number of carbonyl (C=O) groups excluding carboxylic acids is 2. The van der Waals surface area contributed by atoms with E-state index in [9.17, 15) is 9.59 Å². The van der Waals surface area contributed by atoms with Crippen LogP contribution in [-0.4, -0.2) is 53.7 Å². The molecule has 34 heavy (non-hydrogen) atoms. The molecule has 2 aromatic carbocycles. The normalized spacial score (nSPS) is 13.5. The molecule has 3 aromatic rings. The van der Waals surface area contributed by atoms with Crippen molar-refractivity contribution in [1.29, 1.82) is 0 Å². The number of aromatic nitrogens is 2. The summed E-state index contributed by atoms with van der Waals surface area (Å²) in [6.07, 6.45) is 4.87. The van der Waals surface area contributed by atoms with E-state index in [1.807, 2.05) is 12.1 Å². The molecule has 0 radical (unpaired) electrons. The Morgan fingerprint density at radius 2 is 1.85 bits per heavy atom. The fourth-order valence-corrected chi connectivity index (χ4v) is 3.90. The van der Waals surface area contributed by atoms with Crippen molar-refractivity contribution in [2.24, 2.45) is 0 Å². The number of nitrogens with one attached hydrogen (secondary N) is 2. The third kappa shape index (κ3) is 5.72. The third-order valence-electron chi connectivity index (χ3n) is 5.92. The summed E-state index contributed by atoms with van der Waals surface area (Å²) < 4.78 is 10.6. The summed E-state index contributed by atoms with van der Waals surface area (Å²) in [4.78, 5) is 30.9. The number of rotatable bonds is 8. The van der Waals surface area contributed by atoms with Crippen LogP contribution >= 0.6 is 0 Å². The highest BCUT2D eigenvalue weighted by Gasteiger charge is 2.18. The Hall–Kier alpha value is -3.88. The van der Waals surface area contributed by atoms with Gasteiger partial charge in [0.2, 0.25) is 0 Å². The molecule has 1 fully saturated rings. The number of ether oxygens (including phenoxy) is 1. The highest BCUT2D eigenvalue weighted by Crippen LogP contribution is 2.23. The van der Waals surface area contributed by atoms with Crippen LogP contribution in [0.1, 0.15) is 41.9 Å². The summed E-state index contributed by atoms with van der Waals surface area (Å²) >= 11 is 0. The Morgan fingerprint density at radius 1 is 1.12 bits per heavy atom. The molecule has 1 aliphatic rings. The average molecular weight is 464 g/mol. The van der Waals surface area contributed by atoms with Crippen LogP contribution in [0.5, 0.6) is 5.75 Å². The van der Waals surface area contributed by atoms with E-state index in [1.54, 1.807) is 55.5 Å². The molecule has 0 unspecified atom stereocenters. The first-order chi connectivity index (χ1) is 16.5. The maximum absolute atomic E-state index is 12.5. The number of benzene rings is 2. The summed E-state index contributed by atoms with van der Waals surface area (Å²) in [5, 5.41) is 9.93. The number of methoxy groups -OCH3 is 1. The van der Waals surface area contributed by atoms with Gasteiger partial charge in [-0.1, -0.05) is 30.1 Å². The minimum Gasteiger partial charge on any atom is -0.495 e. The zero-order valence-electron chi connectivity index (χ0n) is 19.4. The number of nitrogens with zero attached hydrogens (tertiary/aromatic N) is 3. The van der Waals surface area contributed by atoms with Crippen LogP contribution in [0.25, 0.3) is 11.5 Å². The van der Waals surface area contributed by atoms with Gasteiger partial charge in [-0.05, 0) is 49.2 Å². The van der Waals surface area contributed by atoms with Crippen LogP contribution in [0.3, 0.4) is 0 Å². The summed E-state index contributed by atoms with van der Waals surface area (Å²) in [7, 11) is 3.25. The van der Waals surface area contributed by atoms with Crippen molar-refractivity contribution in [3.8, 4) is 17.2 Å². The lowest BCUT2D eigenvalue weighted by Crippen LogP contribution is -2.33. The van der Waals surface area contributed by atoms with Crippen molar-refractivity contribution in [2.45, 2.75) is 38.1 Å². The maximum atomic E-state index is 12.5. The highest BCUT2D eigenvalue weighted by atomic mass is 16.5. The number of anilines is 1. The number of likely N-dealkylation sites (N-methyl/N-ethyl adjacent to an activating group) is 1. The van der Waals surface area contributed by atoms with Crippen molar-refractivity contribution in [3.05, 3.63) is 59.9 Å². The Morgan fingerprint density at radius 3 is 2.59 bits per heavy atom. The first-order valence-electron chi connectivity index (χ1n) is 11.4. The first kappa shape index (κ1) is 23.3. The molecule has 0 bridgehead atoms. The molecule has 178 valence electrons. The van der Waals surface area contributed by atoms with Gasteiger partial charge in [0.25, 0.3) is 11.8 Å². The molecule has 9 heteroatoms. The zero-order chi connectivity index (χ0) is 23.9. The molecule has 0 saturated heterocycles. The van der Waals surface area contributed by atoms with E-state index in [1.165, 1.54) is 12.8 Å². The molecule has 0 spiro atoms. The van der Waals surface area contributed by atoms with Crippen LogP contribution < -0.4 is 15.4 Å². The van der Waals surface area contributed by atoms with Crippen molar-refractivity contribution >= 4 is 17.6 Å². The Kier molecular flexibility index (Phi) is 7.41. The van der Waals surface area contributed by atoms with Gasteiger partial charge in [-0.3, -0.25) is 4.79 Å². The van der Waals surface area contributed by atoms with Crippen LogP contribution in [0.15, 0.2) is 53.1 Å². The van der Waals surface area contributed by atoms with Crippen LogP contribution in [0.2, 0.25) is 0 Å². The van der Waals surface area contributed by atoms with Gasteiger partial charge >= 0.3 is 6.03 Å². The maximum Gasteiger partial charge on any atom is 0.321 e. The van der Waals surface area contributed by atoms with Gasteiger partial charge in [-0.2, -0.15) is 4.98 Å². The van der Waals surface area contributed by atoms with Crippen molar-refractivity contribution in [2.75, 3.05) is 26.0 Å². The molecule has 1 aliphatic carbocycles. The monoisotopic (exact) mass is 463 g/mol. The molecule has 3 amide bonds. The Labute approximate surface area is 198 Å². The Bertz CT molecular complexity index is 1120. The van der Waals surface area contributed by atoms with Gasteiger partial charge in [-0.15, -0.1) is 0 Å². The quantitative estimate of drug-likeness (QED) is 0.520. The van der Waals surface area contributed by atoms with Gasteiger partial charge < -0.3 is 24.8 Å². The van der Waals surface area contributed by atoms with E-state index in [0.29, 0.717) is 41.7 Å². The Balaban J connectivity index is 1.30. The number of para-hydroxylation sites is 2. The lowest BCUT2D eigenvalue weighted by molar-refractivity contribution is 0.0938. The molecular formula is C25H29N5O4. The van der Waals surface area contributed by atoms with E-state index >= 15 is 0 Å². The van der Waals surface area contributed by atoms with E-state index in [0.717, 1.165) is 18.4 Å². The van der Waals surface area contributed by atoms with E-state index in [4.69, 9.17) is 9.26 Å². The molecule has 1 aromatic heterocycles. The lowest BCUT2D eigenvalue weighted by atomic mass is 10.1. The smallest absolute Gasteiger partial charge is 0.321 e. The zero-order valence-corrected chi connectivity index (χ0v) is 19.4. The number of carbonyl (C=O) groups is 2. The molecule has 0 atom stereocenters. The highest BCUT2D eigenvalue weighted by molar-refractivity contribution is 5.94. The third-order valence-corrected chi connectivity index (χ3v) is 5.92. The van der Waals surface area contributed by atoms with Gasteiger partial charge in [-0.25, -0.2) is 4.79 Å². The molecule has 2 N–H and O–H groups in total. The standard InChI is InChI=1S/C25H29N5O4/c1-30(25(32)27-20-9-5-6-10-21(20)33-2)16-15-22-28-24(34-29-22)18-13-11-17(12-14-18)23(31)26-19-7-3-4-8-19/h5-6,9-14,19H,3-4,7-8,15-16H2,1-2H3,(H,26,31)(H,27,32). The van der Waals surface area contributed by atoms with Crippen molar-refractivity contribution in [3.63, 3.8) is 0 Å². The summed E-state index contributed by atoms with van der Waals surface area (Å²) in [6.45, 7) is 0.403. The number of hydrogen-bond donors (Lipinski definition) is 2. The predicted octanol–water partition coefficient (Wildman–Crippen LogP) is 4.12. The van der Waals surface area contributed by atoms with E-state index in [2.05, 4.69) is 20.8 Å². The molecule has 1 heterocycles. The lowest BCUT2D eigenvalue weighted by Gasteiger charge is -2.18. The minimum absolute atomic E-state index is 0.0564. The van der Waals surface area contributed by atoms with Crippen molar-refractivity contribution in [1.82, 2.24) is 20.4 Å². The molecule has 9 nitrogen and oxygen atoms in total. The number of hydrogen-bond acceptors (Lipinski definition) is 6. The largest absolute Gasteiger partial charge is 0.495 e. The van der Waals surface area contributed by atoms with E-state index in [-0.39, 0.29) is 18.0 Å². The number of amides is 3. The average Bonchev–Trinajstić information content (AvgIpc) is 3.55. The summed E-state index contributed by atoms with van der Waals surface area (Å²) in [6, 6.07) is 14.4. The molecule has 4 rings (SSSR count). The van der Waals surface area contributed by atoms with Gasteiger partial charge in [0, 0.05) is 37.2 Å². The summed E-state index contributed by atoms with van der Waals surface area (Å²) in [5.41, 5.74) is 1.94. The second kappa shape index (κ2) is 10.8. The minimum atomic E-state index is -0.264. The van der Waals surface area contributed by atoms with Crippen LogP contribution in [0.4, 0.5) is 10.5 Å². The predicted molar refractivity (Wildman–Crippen MR) is 128 cm³/mol. The fourth-order valence-electron chi connectivity index (χ4n) is 3.90. The second-order valence-electron chi connectivity index (χ2n) is 8.35. The first-order valence-corrected chi connectivity index (χ1v) is 11.4.